The van der Waals surface area contributed by atoms with Gasteiger partial charge in [0.05, 0.1) is 17.6 Å². The highest BCUT2D eigenvalue weighted by molar-refractivity contribution is 7.98. The van der Waals surface area contributed by atoms with E-state index in [2.05, 4.69) is 4.98 Å². The number of amides is 1. The Kier molecular flexibility index (Phi) is 8.60. The van der Waals surface area contributed by atoms with Crippen molar-refractivity contribution in [3.63, 3.8) is 0 Å². The van der Waals surface area contributed by atoms with E-state index in [-0.39, 0.29) is 24.4 Å². The number of rotatable bonds is 6. The summed E-state index contributed by atoms with van der Waals surface area (Å²) in [6.07, 6.45) is 4.56. The summed E-state index contributed by atoms with van der Waals surface area (Å²) >= 11 is 3.32. The van der Waals surface area contributed by atoms with E-state index in [9.17, 15) is 4.79 Å². The summed E-state index contributed by atoms with van der Waals surface area (Å²) in [7, 11) is 1.79. The van der Waals surface area contributed by atoms with Crippen LogP contribution in [0.4, 0.5) is 0 Å². The number of thioether (sulfide) groups is 1. The van der Waals surface area contributed by atoms with Gasteiger partial charge in [-0.25, -0.2) is 4.98 Å². The first-order valence-corrected chi connectivity index (χ1v) is 7.66. The Hall–Kier alpha value is -0.300. The van der Waals surface area contributed by atoms with Crippen molar-refractivity contribution in [2.24, 2.45) is 5.73 Å². The largest absolute Gasteiger partial charge is 0.339 e. The number of hydrogen-bond acceptors (Lipinski definition) is 5. The van der Waals surface area contributed by atoms with Crippen LogP contribution in [0.3, 0.4) is 0 Å². The SMILES string of the molecule is CSCC[C@H](N)C(=O)N(C)Cc1cnc(C)s1.Cl. The fourth-order valence-corrected chi connectivity index (χ4v) is 2.78. The predicted octanol–water partition coefficient (Wildman–Crippen LogP) is 1.91. The molecule has 0 saturated carbocycles. The lowest BCUT2D eigenvalue weighted by atomic mass is 10.2. The van der Waals surface area contributed by atoms with E-state index in [4.69, 9.17) is 5.73 Å². The highest BCUT2D eigenvalue weighted by Gasteiger charge is 2.18. The Bertz CT molecular complexity index is 373. The second-order valence-electron chi connectivity index (χ2n) is 3.93. The molecule has 18 heavy (non-hydrogen) atoms. The van der Waals surface area contributed by atoms with Crippen LogP contribution in [0.1, 0.15) is 16.3 Å². The summed E-state index contributed by atoms with van der Waals surface area (Å²) in [5, 5.41) is 1.02. The molecule has 1 amide bonds. The van der Waals surface area contributed by atoms with Gasteiger partial charge in [-0.2, -0.15) is 11.8 Å². The molecule has 1 aromatic rings. The maximum Gasteiger partial charge on any atom is 0.239 e. The third-order valence-corrected chi connectivity index (χ3v) is 3.93. The molecule has 0 saturated heterocycles. The number of aryl methyl sites for hydroxylation is 1. The number of hydrogen-bond donors (Lipinski definition) is 1. The Morgan fingerprint density at radius 2 is 2.33 bits per heavy atom. The Morgan fingerprint density at radius 1 is 1.67 bits per heavy atom. The van der Waals surface area contributed by atoms with Gasteiger partial charge >= 0.3 is 0 Å². The maximum atomic E-state index is 11.9. The van der Waals surface area contributed by atoms with Crippen molar-refractivity contribution in [3.8, 4) is 0 Å². The lowest BCUT2D eigenvalue weighted by Crippen LogP contribution is -2.41. The van der Waals surface area contributed by atoms with Gasteiger partial charge in [-0.05, 0) is 25.4 Å². The molecule has 0 aliphatic carbocycles. The van der Waals surface area contributed by atoms with Gasteiger partial charge in [-0.1, -0.05) is 0 Å². The van der Waals surface area contributed by atoms with Gasteiger partial charge in [0.25, 0.3) is 0 Å². The van der Waals surface area contributed by atoms with Gasteiger partial charge in [0, 0.05) is 18.1 Å². The van der Waals surface area contributed by atoms with E-state index < -0.39 is 0 Å². The molecule has 0 radical (unpaired) electrons. The summed E-state index contributed by atoms with van der Waals surface area (Å²) in [5.41, 5.74) is 5.85. The van der Waals surface area contributed by atoms with Crippen LogP contribution in [-0.4, -0.2) is 40.9 Å². The fourth-order valence-electron chi connectivity index (χ4n) is 1.44. The van der Waals surface area contributed by atoms with Crippen molar-refractivity contribution in [1.82, 2.24) is 9.88 Å². The summed E-state index contributed by atoms with van der Waals surface area (Å²) in [5.74, 6) is 0.922. The summed E-state index contributed by atoms with van der Waals surface area (Å²) in [4.78, 5) is 18.9. The standard InChI is InChI=1S/C11H19N3OS2.ClH/c1-8-13-6-9(17-8)7-14(2)11(15)10(12)4-5-16-3;/h6,10H,4-5,7,12H2,1-3H3;1H/t10-;/m0./s1. The van der Waals surface area contributed by atoms with Crippen LogP contribution in [0.2, 0.25) is 0 Å². The van der Waals surface area contributed by atoms with Gasteiger partial charge in [0.1, 0.15) is 0 Å². The minimum absolute atomic E-state index is 0. The summed E-state index contributed by atoms with van der Waals surface area (Å²) in [6.45, 7) is 2.55. The molecular weight excluding hydrogens is 290 g/mol. The number of carbonyl (C=O) groups is 1. The number of carbonyl (C=O) groups excluding carboxylic acids is 1. The second kappa shape index (κ2) is 8.74. The van der Waals surface area contributed by atoms with Gasteiger partial charge in [-0.3, -0.25) is 4.79 Å². The third-order valence-electron chi connectivity index (χ3n) is 2.39. The number of thiazole rings is 1. The van der Waals surface area contributed by atoms with E-state index in [1.54, 1.807) is 35.0 Å². The molecule has 0 bridgehead atoms. The van der Waals surface area contributed by atoms with E-state index >= 15 is 0 Å². The van der Waals surface area contributed by atoms with Crippen LogP contribution in [0.15, 0.2) is 6.20 Å². The van der Waals surface area contributed by atoms with E-state index in [1.165, 1.54) is 0 Å². The van der Waals surface area contributed by atoms with Crippen LogP contribution < -0.4 is 5.73 Å². The maximum absolute atomic E-state index is 11.9. The number of likely N-dealkylation sites (N-methyl/N-ethyl adjacent to an activating group) is 1. The Morgan fingerprint density at radius 3 is 2.83 bits per heavy atom. The number of nitrogens with two attached hydrogens (primary N) is 1. The molecule has 0 spiro atoms. The van der Waals surface area contributed by atoms with Crippen molar-refractivity contribution in [1.29, 1.82) is 0 Å². The molecule has 0 aliphatic rings. The van der Waals surface area contributed by atoms with Gasteiger partial charge < -0.3 is 10.6 Å². The van der Waals surface area contributed by atoms with Crippen LogP contribution >= 0.6 is 35.5 Å². The number of nitrogens with zero attached hydrogens (tertiary/aromatic N) is 2. The Balaban J connectivity index is 0.00000289. The topological polar surface area (TPSA) is 59.2 Å². The molecule has 1 atom stereocenters. The van der Waals surface area contributed by atoms with Crippen molar-refractivity contribution in [2.75, 3.05) is 19.1 Å². The molecule has 4 nitrogen and oxygen atoms in total. The summed E-state index contributed by atoms with van der Waals surface area (Å²) in [6, 6.07) is -0.388. The zero-order valence-corrected chi connectivity index (χ0v) is 13.3. The second-order valence-corrected chi connectivity index (χ2v) is 6.23. The molecular formula is C11H20ClN3OS2. The lowest BCUT2D eigenvalue weighted by Gasteiger charge is -2.20. The zero-order valence-electron chi connectivity index (χ0n) is 10.9. The van der Waals surface area contributed by atoms with E-state index in [1.807, 2.05) is 19.4 Å². The summed E-state index contributed by atoms with van der Waals surface area (Å²) < 4.78 is 0. The zero-order chi connectivity index (χ0) is 12.8. The first-order valence-electron chi connectivity index (χ1n) is 5.45. The molecule has 1 aromatic heterocycles. The van der Waals surface area contributed by atoms with Crippen LogP contribution in [0, 0.1) is 6.92 Å². The minimum Gasteiger partial charge on any atom is -0.339 e. The number of halogens is 1. The highest BCUT2D eigenvalue weighted by atomic mass is 35.5. The quantitative estimate of drug-likeness (QED) is 0.872. The van der Waals surface area contributed by atoms with Gasteiger partial charge in [-0.15, -0.1) is 23.7 Å². The minimum atomic E-state index is -0.388. The Labute approximate surface area is 123 Å². The van der Waals surface area contributed by atoms with E-state index in [0.29, 0.717) is 6.54 Å². The molecule has 0 unspecified atom stereocenters. The van der Waals surface area contributed by atoms with Crippen LogP contribution in [-0.2, 0) is 11.3 Å². The molecule has 0 fully saturated rings. The molecule has 1 rings (SSSR count). The van der Waals surface area contributed by atoms with Gasteiger partial charge in [0.2, 0.25) is 5.91 Å². The van der Waals surface area contributed by atoms with Crippen molar-refractivity contribution >= 4 is 41.4 Å². The fraction of sp³-hybridized carbons (Fsp3) is 0.636. The van der Waals surface area contributed by atoms with Crippen molar-refractivity contribution in [3.05, 3.63) is 16.1 Å². The smallest absolute Gasteiger partial charge is 0.239 e. The van der Waals surface area contributed by atoms with E-state index in [0.717, 1.165) is 22.1 Å². The highest BCUT2D eigenvalue weighted by Crippen LogP contribution is 2.14. The first kappa shape index (κ1) is 17.7. The molecule has 7 heteroatoms. The number of aromatic nitrogens is 1. The molecule has 1 heterocycles. The third kappa shape index (κ3) is 5.56. The normalized spacial score (nSPS) is 11.8. The van der Waals surface area contributed by atoms with Gasteiger partial charge in [0.15, 0.2) is 0 Å². The molecule has 2 N–H and O–H groups in total. The van der Waals surface area contributed by atoms with Crippen LogP contribution in [0.25, 0.3) is 0 Å². The molecule has 0 aliphatic heterocycles. The monoisotopic (exact) mass is 309 g/mol. The first-order chi connectivity index (χ1) is 8.04. The molecule has 104 valence electrons. The predicted molar refractivity (Wildman–Crippen MR) is 81.5 cm³/mol. The van der Waals surface area contributed by atoms with Crippen molar-refractivity contribution in [2.45, 2.75) is 25.9 Å². The lowest BCUT2D eigenvalue weighted by molar-refractivity contribution is -0.131. The average molecular weight is 310 g/mol. The molecule has 0 aromatic carbocycles. The van der Waals surface area contributed by atoms with Crippen LogP contribution in [0.5, 0.6) is 0 Å². The van der Waals surface area contributed by atoms with Crippen molar-refractivity contribution < 1.29 is 4.79 Å². The average Bonchev–Trinajstić information content (AvgIpc) is 2.70.